The van der Waals surface area contributed by atoms with Crippen molar-refractivity contribution in [3.8, 4) is 0 Å². The molecular formula is C13H23NO3. The van der Waals surface area contributed by atoms with E-state index in [9.17, 15) is 9.59 Å². The molecule has 1 saturated carbocycles. The molecule has 0 aromatic heterocycles. The van der Waals surface area contributed by atoms with Gasteiger partial charge in [-0.2, -0.15) is 0 Å². The van der Waals surface area contributed by atoms with Crippen molar-refractivity contribution in [3.05, 3.63) is 0 Å². The molecule has 0 unspecified atom stereocenters. The van der Waals surface area contributed by atoms with Gasteiger partial charge < -0.3 is 10.4 Å². The fraction of sp³-hybridized carbons (Fsp3) is 0.846. The Morgan fingerprint density at radius 1 is 1.29 bits per heavy atom. The summed E-state index contributed by atoms with van der Waals surface area (Å²) in [6.45, 7) is 1.44. The number of carbonyl (C=O) groups excluding carboxylic acids is 1. The first-order chi connectivity index (χ1) is 8.08. The molecule has 0 bridgehead atoms. The summed E-state index contributed by atoms with van der Waals surface area (Å²) in [6.07, 6.45) is 8.32. The minimum Gasteiger partial charge on any atom is -0.481 e. The fourth-order valence-corrected chi connectivity index (χ4v) is 2.64. The van der Waals surface area contributed by atoms with Gasteiger partial charge >= 0.3 is 5.97 Å². The second-order valence-electron chi connectivity index (χ2n) is 5.08. The third kappa shape index (κ3) is 6.29. The van der Waals surface area contributed by atoms with Crippen molar-refractivity contribution in [2.24, 2.45) is 5.92 Å². The molecule has 4 heteroatoms. The molecule has 0 radical (unpaired) electrons. The lowest BCUT2D eigenvalue weighted by atomic mass is 9.85. The van der Waals surface area contributed by atoms with Gasteiger partial charge in [-0.05, 0) is 18.8 Å². The zero-order chi connectivity index (χ0) is 12.7. The number of hydrogen-bond acceptors (Lipinski definition) is 2. The van der Waals surface area contributed by atoms with Crippen LogP contribution in [-0.2, 0) is 9.59 Å². The van der Waals surface area contributed by atoms with E-state index in [2.05, 4.69) is 5.32 Å². The summed E-state index contributed by atoms with van der Waals surface area (Å²) in [7, 11) is 0. The number of rotatable bonds is 6. The van der Waals surface area contributed by atoms with Crippen LogP contribution in [0.5, 0.6) is 0 Å². The van der Waals surface area contributed by atoms with Crippen LogP contribution in [0, 0.1) is 5.92 Å². The molecule has 2 N–H and O–H groups in total. The van der Waals surface area contributed by atoms with Gasteiger partial charge in [0.25, 0.3) is 0 Å². The number of carbonyl (C=O) groups is 2. The highest BCUT2D eigenvalue weighted by Gasteiger charge is 2.18. The SMILES string of the molecule is CC(=O)N[C@H](CCC1CCCCC1)CC(=O)O. The maximum Gasteiger partial charge on any atom is 0.305 e. The monoisotopic (exact) mass is 241 g/mol. The summed E-state index contributed by atoms with van der Waals surface area (Å²) in [4.78, 5) is 21.7. The van der Waals surface area contributed by atoms with Crippen molar-refractivity contribution in [1.29, 1.82) is 0 Å². The van der Waals surface area contributed by atoms with E-state index in [0.29, 0.717) is 0 Å². The predicted molar refractivity (Wildman–Crippen MR) is 65.7 cm³/mol. The highest BCUT2D eigenvalue weighted by atomic mass is 16.4. The zero-order valence-corrected chi connectivity index (χ0v) is 10.6. The number of aliphatic carboxylic acids is 1. The van der Waals surface area contributed by atoms with Crippen molar-refractivity contribution in [3.63, 3.8) is 0 Å². The molecule has 1 aliphatic rings. The van der Waals surface area contributed by atoms with Gasteiger partial charge in [0, 0.05) is 13.0 Å². The second kappa shape index (κ2) is 7.30. The molecule has 0 heterocycles. The molecule has 1 rings (SSSR count). The van der Waals surface area contributed by atoms with Crippen LogP contribution in [0.25, 0.3) is 0 Å². The number of hydrogen-bond donors (Lipinski definition) is 2. The van der Waals surface area contributed by atoms with Gasteiger partial charge in [-0.25, -0.2) is 0 Å². The van der Waals surface area contributed by atoms with Gasteiger partial charge in [-0.15, -0.1) is 0 Å². The van der Waals surface area contributed by atoms with Crippen LogP contribution in [0.15, 0.2) is 0 Å². The molecule has 98 valence electrons. The lowest BCUT2D eigenvalue weighted by molar-refractivity contribution is -0.137. The Morgan fingerprint density at radius 2 is 1.94 bits per heavy atom. The van der Waals surface area contributed by atoms with E-state index in [4.69, 9.17) is 5.11 Å². The first-order valence-corrected chi connectivity index (χ1v) is 6.57. The van der Waals surface area contributed by atoms with Crippen LogP contribution in [0.1, 0.15) is 58.3 Å². The normalized spacial score (nSPS) is 18.6. The number of carboxylic acid groups (broad SMARTS) is 1. The maximum absolute atomic E-state index is 11.0. The summed E-state index contributed by atoms with van der Waals surface area (Å²) in [5, 5.41) is 11.5. The third-order valence-corrected chi connectivity index (χ3v) is 3.48. The molecule has 0 aromatic rings. The molecule has 0 aliphatic heterocycles. The second-order valence-corrected chi connectivity index (χ2v) is 5.08. The van der Waals surface area contributed by atoms with Crippen LogP contribution >= 0.6 is 0 Å². The minimum absolute atomic E-state index is 0.0340. The van der Waals surface area contributed by atoms with Gasteiger partial charge in [0.15, 0.2) is 0 Å². The molecule has 1 aliphatic carbocycles. The van der Waals surface area contributed by atoms with E-state index < -0.39 is 5.97 Å². The number of carboxylic acids is 1. The van der Waals surface area contributed by atoms with Crippen LogP contribution in [0.3, 0.4) is 0 Å². The Balaban J connectivity index is 2.31. The topological polar surface area (TPSA) is 66.4 Å². The molecular weight excluding hydrogens is 218 g/mol. The van der Waals surface area contributed by atoms with Gasteiger partial charge in [-0.1, -0.05) is 32.1 Å². The summed E-state index contributed by atoms with van der Waals surface area (Å²) in [5.74, 6) is -0.249. The number of amides is 1. The highest BCUT2D eigenvalue weighted by Crippen LogP contribution is 2.27. The van der Waals surface area contributed by atoms with Crippen molar-refractivity contribution in [2.75, 3.05) is 0 Å². The average molecular weight is 241 g/mol. The Bertz CT molecular complexity index is 243. The lowest BCUT2D eigenvalue weighted by Crippen LogP contribution is -2.35. The van der Waals surface area contributed by atoms with E-state index >= 15 is 0 Å². The predicted octanol–water partition coefficient (Wildman–Crippen LogP) is 2.33. The van der Waals surface area contributed by atoms with Gasteiger partial charge in [0.05, 0.1) is 6.42 Å². The molecule has 4 nitrogen and oxygen atoms in total. The van der Waals surface area contributed by atoms with Gasteiger partial charge in [-0.3, -0.25) is 9.59 Å². The van der Waals surface area contributed by atoms with E-state index in [-0.39, 0.29) is 18.4 Å². The Hall–Kier alpha value is -1.06. The van der Waals surface area contributed by atoms with Gasteiger partial charge in [0.2, 0.25) is 5.91 Å². The lowest BCUT2D eigenvalue weighted by Gasteiger charge is -2.24. The quantitative estimate of drug-likeness (QED) is 0.750. The van der Waals surface area contributed by atoms with Crippen molar-refractivity contribution >= 4 is 11.9 Å². The fourth-order valence-electron chi connectivity index (χ4n) is 2.64. The maximum atomic E-state index is 11.0. The Morgan fingerprint density at radius 3 is 2.47 bits per heavy atom. The minimum atomic E-state index is -0.840. The van der Waals surface area contributed by atoms with Crippen molar-refractivity contribution in [1.82, 2.24) is 5.32 Å². The molecule has 0 saturated heterocycles. The molecule has 1 amide bonds. The first-order valence-electron chi connectivity index (χ1n) is 6.57. The van der Waals surface area contributed by atoms with Crippen LogP contribution in [0.2, 0.25) is 0 Å². The summed E-state index contributed by atoms with van der Waals surface area (Å²) in [6, 6.07) is -0.202. The van der Waals surface area contributed by atoms with Crippen molar-refractivity contribution < 1.29 is 14.7 Å². The average Bonchev–Trinajstić information content (AvgIpc) is 2.26. The molecule has 17 heavy (non-hydrogen) atoms. The van der Waals surface area contributed by atoms with E-state index in [1.807, 2.05) is 0 Å². The standard InChI is InChI=1S/C13H23NO3/c1-10(15)14-12(9-13(16)17)8-7-11-5-3-2-4-6-11/h11-12H,2-9H2,1H3,(H,14,15)(H,16,17)/t12-/m1/s1. The van der Waals surface area contributed by atoms with Crippen LogP contribution in [0.4, 0.5) is 0 Å². The van der Waals surface area contributed by atoms with Crippen LogP contribution in [-0.4, -0.2) is 23.0 Å². The highest BCUT2D eigenvalue weighted by molar-refractivity contribution is 5.74. The van der Waals surface area contributed by atoms with Crippen molar-refractivity contribution in [2.45, 2.75) is 64.3 Å². The Labute approximate surface area is 103 Å². The molecule has 0 spiro atoms. The Kier molecular flexibility index (Phi) is 6.01. The van der Waals surface area contributed by atoms with Crippen LogP contribution < -0.4 is 5.32 Å². The largest absolute Gasteiger partial charge is 0.481 e. The smallest absolute Gasteiger partial charge is 0.305 e. The third-order valence-electron chi connectivity index (χ3n) is 3.48. The van der Waals surface area contributed by atoms with E-state index in [1.165, 1.54) is 39.0 Å². The summed E-state index contributed by atoms with van der Waals surface area (Å²) in [5.41, 5.74) is 0. The van der Waals surface area contributed by atoms with E-state index in [0.717, 1.165) is 18.8 Å². The first kappa shape index (κ1) is 14.0. The van der Waals surface area contributed by atoms with E-state index in [1.54, 1.807) is 0 Å². The number of nitrogens with one attached hydrogen (secondary N) is 1. The zero-order valence-electron chi connectivity index (χ0n) is 10.6. The summed E-state index contributed by atoms with van der Waals surface area (Å²) >= 11 is 0. The molecule has 0 aromatic carbocycles. The summed E-state index contributed by atoms with van der Waals surface area (Å²) < 4.78 is 0. The van der Waals surface area contributed by atoms with Gasteiger partial charge in [0.1, 0.15) is 0 Å². The molecule has 1 fully saturated rings. The molecule has 1 atom stereocenters.